The third-order valence-corrected chi connectivity index (χ3v) is 4.13. The number of methoxy groups -OCH3 is 1. The van der Waals surface area contributed by atoms with E-state index in [1.165, 1.54) is 6.07 Å². The summed E-state index contributed by atoms with van der Waals surface area (Å²) >= 11 is 0. The number of para-hydroxylation sites is 2. The number of benzene rings is 2. The van der Waals surface area contributed by atoms with Crippen LogP contribution in [-0.4, -0.2) is 42.3 Å². The molecule has 0 bridgehead atoms. The van der Waals surface area contributed by atoms with Crippen molar-refractivity contribution in [1.82, 2.24) is 10.1 Å². The molecule has 25 heavy (non-hydrogen) atoms. The molecule has 128 valence electrons. The van der Waals surface area contributed by atoms with Crippen LogP contribution in [0.3, 0.4) is 0 Å². The SMILES string of the molecule is COc1ccccc1OC1CN(C(=O)c2ccc3c(c2)no[n+]3[O-])C1. The van der Waals surface area contributed by atoms with Crippen LogP contribution in [0.2, 0.25) is 0 Å². The molecule has 2 aromatic carbocycles. The smallest absolute Gasteiger partial charge is 0.254 e. The van der Waals surface area contributed by atoms with Crippen LogP contribution in [-0.2, 0) is 0 Å². The minimum Gasteiger partial charge on any atom is -0.493 e. The Balaban J connectivity index is 1.41. The lowest BCUT2D eigenvalue weighted by atomic mass is 10.1. The molecule has 1 aromatic heterocycles. The molecule has 0 atom stereocenters. The van der Waals surface area contributed by atoms with Crippen LogP contribution in [0.1, 0.15) is 10.4 Å². The number of nitrogens with zero attached hydrogens (tertiary/aromatic N) is 3. The number of carbonyl (C=O) groups excluding carboxylic acids is 1. The van der Waals surface area contributed by atoms with E-state index < -0.39 is 0 Å². The molecule has 0 aliphatic carbocycles. The highest BCUT2D eigenvalue weighted by molar-refractivity contribution is 5.97. The van der Waals surface area contributed by atoms with Crippen LogP contribution in [0.25, 0.3) is 11.0 Å². The topological polar surface area (TPSA) is 91.7 Å². The number of aromatic nitrogens is 2. The fraction of sp³-hybridized carbons (Fsp3) is 0.235. The lowest BCUT2D eigenvalue weighted by Crippen LogP contribution is -2.56. The molecule has 3 aromatic rings. The average molecular weight is 341 g/mol. The first-order chi connectivity index (χ1) is 12.2. The van der Waals surface area contributed by atoms with Gasteiger partial charge in [-0.3, -0.25) is 9.42 Å². The fourth-order valence-electron chi connectivity index (χ4n) is 2.77. The van der Waals surface area contributed by atoms with E-state index in [1.807, 2.05) is 24.3 Å². The van der Waals surface area contributed by atoms with Crippen molar-refractivity contribution in [1.29, 1.82) is 0 Å². The molecule has 1 fully saturated rings. The van der Waals surface area contributed by atoms with Gasteiger partial charge in [-0.25, -0.2) is 0 Å². The monoisotopic (exact) mass is 341 g/mol. The maximum Gasteiger partial charge on any atom is 0.254 e. The summed E-state index contributed by atoms with van der Waals surface area (Å²) in [6.45, 7) is 0.963. The Morgan fingerprint density at radius 1 is 1.28 bits per heavy atom. The van der Waals surface area contributed by atoms with Gasteiger partial charge in [0.2, 0.25) is 11.0 Å². The zero-order valence-electron chi connectivity index (χ0n) is 13.4. The number of fused-ring (bicyclic) bond motifs is 1. The molecule has 8 heteroatoms. The van der Waals surface area contributed by atoms with Gasteiger partial charge >= 0.3 is 0 Å². The molecule has 0 spiro atoms. The molecule has 0 radical (unpaired) electrons. The molecule has 0 N–H and O–H groups in total. The average Bonchev–Trinajstić information content (AvgIpc) is 2.98. The fourth-order valence-corrected chi connectivity index (χ4v) is 2.77. The summed E-state index contributed by atoms with van der Waals surface area (Å²) in [5.74, 6) is 1.18. The standard InChI is InChI=1S/C17H15N3O5/c1-23-15-4-2-3-5-16(15)24-12-9-19(10-12)17(21)11-6-7-14-13(8-11)18-25-20(14)22/h2-8,12H,9-10H2,1H3. The van der Waals surface area contributed by atoms with Crippen molar-refractivity contribution in [3.8, 4) is 11.5 Å². The summed E-state index contributed by atoms with van der Waals surface area (Å²) in [5, 5.41) is 14.9. The van der Waals surface area contributed by atoms with E-state index in [1.54, 1.807) is 24.1 Å². The van der Waals surface area contributed by atoms with Gasteiger partial charge in [-0.1, -0.05) is 12.1 Å². The lowest BCUT2D eigenvalue weighted by molar-refractivity contribution is -0.782. The van der Waals surface area contributed by atoms with Crippen molar-refractivity contribution in [3.63, 3.8) is 0 Å². The largest absolute Gasteiger partial charge is 0.493 e. The summed E-state index contributed by atoms with van der Waals surface area (Å²) in [4.78, 5) is 14.5. The second-order valence-electron chi connectivity index (χ2n) is 5.73. The van der Waals surface area contributed by atoms with Gasteiger partial charge < -0.3 is 19.6 Å². The number of likely N-dealkylation sites (tertiary alicyclic amines) is 1. The molecule has 0 saturated carbocycles. The van der Waals surface area contributed by atoms with E-state index in [4.69, 9.17) is 9.47 Å². The third kappa shape index (κ3) is 2.71. The van der Waals surface area contributed by atoms with Gasteiger partial charge in [0.05, 0.1) is 20.2 Å². The first kappa shape index (κ1) is 15.3. The van der Waals surface area contributed by atoms with Crippen LogP contribution in [0.4, 0.5) is 0 Å². The molecule has 2 heterocycles. The van der Waals surface area contributed by atoms with Crippen molar-refractivity contribution in [2.75, 3.05) is 20.2 Å². The quantitative estimate of drug-likeness (QED) is 0.666. The Hall–Kier alpha value is -3.29. The number of ether oxygens (including phenoxy) is 2. The Bertz CT molecular complexity index is 933. The molecular weight excluding hydrogens is 326 g/mol. The number of rotatable bonds is 4. The minimum atomic E-state index is -0.137. The number of hydrogen-bond donors (Lipinski definition) is 0. The molecule has 0 unspecified atom stereocenters. The van der Waals surface area contributed by atoms with Gasteiger partial charge in [-0.15, -0.1) is 0 Å². The zero-order chi connectivity index (χ0) is 17.4. The molecule has 1 amide bonds. The number of amides is 1. The second-order valence-corrected chi connectivity index (χ2v) is 5.73. The van der Waals surface area contributed by atoms with Gasteiger partial charge in [-0.05, 0) is 29.2 Å². The highest BCUT2D eigenvalue weighted by atomic mass is 16.8. The van der Waals surface area contributed by atoms with Crippen LogP contribution in [0, 0.1) is 5.21 Å². The zero-order valence-corrected chi connectivity index (χ0v) is 13.4. The van der Waals surface area contributed by atoms with Crippen molar-refractivity contribution in [3.05, 3.63) is 53.2 Å². The molecule has 1 aliphatic heterocycles. The van der Waals surface area contributed by atoms with Gasteiger partial charge in [-0.2, -0.15) is 0 Å². The second kappa shape index (κ2) is 5.97. The van der Waals surface area contributed by atoms with Gasteiger partial charge in [0.25, 0.3) is 5.91 Å². The first-order valence-electron chi connectivity index (χ1n) is 7.74. The van der Waals surface area contributed by atoms with Crippen molar-refractivity contribution < 1.29 is 23.8 Å². The molecule has 4 rings (SSSR count). The highest BCUT2D eigenvalue weighted by Gasteiger charge is 2.33. The summed E-state index contributed by atoms with van der Waals surface area (Å²) < 4.78 is 15.6. The summed E-state index contributed by atoms with van der Waals surface area (Å²) in [5.41, 5.74) is 1.10. The summed E-state index contributed by atoms with van der Waals surface area (Å²) in [6.07, 6.45) is -0.0835. The number of carbonyl (C=O) groups is 1. The normalized spacial score (nSPS) is 14.4. The van der Waals surface area contributed by atoms with Gasteiger partial charge in [0, 0.05) is 16.8 Å². The maximum atomic E-state index is 12.5. The molecular formula is C17H15N3O5. The van der Waals surface area contributed by atoms with E-state index in [0.717, 1.165) is 0 Å². The summed E-state index contributed by atoms with van der Waals surface area (Å²) in [6, 6.07) is 12.1. The lowest BCUT2D eigenvalue weighted by Gasteiger charge is -2.39. The van der Waals surface area contributed by atoms with Gasteiger partial charge in [0.1, 0.15) is 6.10 Å². The summed E-state index contributed by atoms with van der Waals surface area (Å²) in [7, 11) is 1.59. The van der Waals surface area contributed by atoms with Crippen molar-refractivity contribution >= 4 is 16.9 Å². The van der Waals surface area contributed by atoms with E-state index >= 15 is 0 Å². The first-order valence-corrected chi connectivity index (χ1v) is 7.74. The Morgan fingerprint density at radius 3 is 2.80 bits per heavy atom. The third-order valence-electron chi connectivity index (χ3n) is 4.13. The van der Waals surface area contributed by atoms with Crippen LogP contribution in [0.5, 0.6) is 11.5 Å². The Labute approximate surface area is 142 Å². The molecule has 1 aliphatic rings. The van der Waals surface area contributed by atoms with Crippen LogP contribution >= 0.6 is 0 Å². The minimum absolute atomic E-state index is 0.0835. The number of hydrogen-bond acceptors (Lipinski definition) is 6. The predicted octanol–water partition coefficient (Wildman–Crippen LogP) is 1.37. The Kier molecular flexibility index (Phi) is 3.64. The van der Waals surface area contributed by atoms with E-state index in [2.05, 4.69) is 9.79 Å². The maximum absolute atomic E-state index is 12.5. The van der Waals surface area contributed by atoms with E-state index in [0.29, 0.717) is 40.6 Å². The van der Waals surface area contributed by atoms with Crippen LogP contribution in [0.15, 0.2) is 47.1 Å². The molecule has 1 saturated heterocycles. The van der Waals surface area contributed by atoms with Crippen molar-refractivity contribution in [2.24, 2.45) is 0 Å². The van der Waals surface area contributed by atoms with E-state index in [9.17, 15) is 10.0 Å². The predicted molar refractivity (Wildman–Crippen MR) is 86.3 cm³/mol. The van der Waals surface area contributed by atoms with Crippen molar-refractivity contribution in [2.45, 2.75) is 6.10 Å². The Morgan fingerprint density at radius 2 is 2.04 bits per heavy atom. The molecule has 8 nitrogen and oxygen atoms in total. The van der Waals surface area contributed by atoms with E-state index in [-0.39, 0.29) is 17.5 Å². The highest BCUT2D eigenvalue weighted by Crippen LogP contribution is 2.29. The van der Waals surface area contributed by atoms with Gasteiger partial charge in [0.15, 0.2) is 11.5 Å². The van der Waals surface area contributed by atoms with Crippen LogP contribution < -0.4 is 14.4 Å².